The van der Waals surface area contributed by atoms with Crippen LogP contribution in [0, 0.1) is 66.7 Å². The van der Waals surface area contributed by atoms with Crippen LogP contribution in [0.4, 0.5) is 0 Å². The second-order valence-electron chi connectivity index (χ2n) is 33.5. The number of rotatable bonds is 24. The lowest BCUT2D eigenvalue weighted by Crippen LogP contribution is -2.60. The third-order valence-corrected chi connectivity index (χ3v) is 29.4. The summed E-state index contributed by atoms with van der Waals surface area (Å²) in [5, 5.41) is 145. The number of hydrogen-bond donors (Lipinski definition) is 12. The maximum Gasteiger partial charge on any atom is 0.152 e. The van der Waals surface area contributed by atoms with Crippen molar-refractivity contribution in [3.63, 3.8) is 0 Å². The molecule has 12 aromatic rings. The molecule has 0 aliphatic heterocycles. The SMILES string of the molecule is Cc1cc(C(C)(CC(CC(C)(c2ccc(O)c(C)c2)c2ccc(O)c(C)c2)C(CC(C)(c2cc(C)c(O)c(C)c2)c2cc(C)c(O)c(C)c2)(CC(C)(c2cc(Br)c(O)c(Br)c2)c2cc(Br)c(O)c(Br)c2)C(CC(C)(c2cc(Cl)c(O)c(Cl)c2)c2cc(Cl)c(O)c(Cl)c2)(c2ccc(O)cc2)c2ccc(O)cc2)c2ccc(O)c(C)c2)ccc1O. The highest BCUT2D eigenvalue weighted by atomic mass is 79.9. The van der Waals surface area contributed by atoms with Gasteiger partial charge in [0.15, 0.2) is 11.5 Å². The van der Waals surface area contributed by atoms with E-state index in [4.69, 9.17) is 46.4 Å². The van der Waals surface area contributed by atoms with Gasteiger partial charge in [0.25, 0.3) is 0 Å². The van der Waals surface area contributed by atoms with Crippen molar-refractivity contribution < 1.29 is 61.3 Å². The van der Waals surface area contributed by atoms with E-state index in [1.807, 2.05) is 184 Å². The number of benzene rings is 12. The van der Waals surface area contributed by atoms with Crippen molar-refractivity contribution in [2.45, 2.75) is 155 Å². The summed E-state index contributed by atoms with van der Waals surface area (Å²) in [6.45, 7) is 25.4. The Balaban J connectivity index is 1.51. The molecule has 0 saturated carbocycles. The van der Waals surface area contributed by atoms with Crippen LogP contribution >= 0.6 is 110 Å². The van der Waals surface area contributed by atoms with E-state index in [1.54, 1.807) is 72.8 Å². The van der Waals surface area contributed by atoms with Gasteiger partial charge in [0.2, 0.25) is 0 Å². The smallest absolute Gasteiger partial charge is 0.152 e. The maximum atomic E-state index is 12.4. The number of hydrogen-bond acceptors (Lipinski definition) is 12. The van der Waals surface area contributed by atoms with Gasteiger partial charge < -0.3 is 61.3 Å². The zero-order chi connectivity index (χ0) is 86.3. The molecule has 614 valence electrons. The predicted molar refractivity (Wildman–Crippen MR) is 488 cm³/mol. The van der Waals surface area contributed by atoms with Crippen LogP contribution in [0.15, 0.2) is 212 Å². The third kappa shape index (κ3) is 16.1. The molecule has 0 saturated heterocycles. The second kappa shape index (κ2) is 33.4. The van der Waals surface area contributed by atoms with E-state index in [0.717, 1.165) is 22.3 Å². The maximum absolute atomic E-state index is 12.4. The number of halogens is 8. The second-order valence-corrected chi connectivity index (χ2v) is 38.6. The van der Waals surface area contributed by atoms with Gasteiger partial charge in [-0.15, -0.1) is 0 Å². The van der Waals surface area contributed by atoms with E-state index in [2.05, 4.69) is 91.4 Å². The minimum Gasteiger partial charge on any atom is -0.508 e. The summed E-state index contributed by atoms with van der Waals surface area (Å²) in [6, 6.07) is 58.6. The summed E-state index contributed by atoms with van der Waals surface area (Å²) in [6.07, 6.45) is -0.218. The summed E-state index contributed by atoms with van der Waals surface area (Å²) in [5.74, 6) is -2.10. The number of aromatic hydroxyl groups is 12. The van der Waals surface area contributed by atoms with Crippen molar-refractivity contribution in [3.05, 3.63) is 343 Å². The molecule has 12 aromatic carbocycles. The molecule has 0 fully saturated rings. The molecule has 12 rings (SSSR count). The van der Waals surface area contributed by atoms with Crippen LogP contribution in [-0.4, -0.2) is 61.3 Å². The molecule has 0 aliphatic rings. The Morgan fingerprint density at radius 2 is 0.466 bits per heavy atom. The minimum absolute atomic E-state index is 0.0293. The topological polar surface area (TPSA) is 243 Å². The van der Waals surface area contributed by atoms with E-state index < -0.39 is 55.3 Å². The van der Waals surface area contributed by atoms with Crippen molar-refractivity contribution in [3.8, 4) is 69.0 Å². The quantitative estimate of drug-likeness (QED) is 0.0270. The molecule has 0 heterocycles. The Hall–Kier alpha value is -8.68. The van der Waals surface area contributed by atoms with Crippen LogP contribution in [0.3, 0.4) is 0 Å². The fourth-order valence-electron chi connectivity index (χ4n) is 18.9. The lowest BCUT2D eigenvalue weighted by atomic mass is 9.38. The highest BCUT2D eigenvalue weighted by Crippen LogP contribution is 2.71. The van der Waals surface area contributed by atoms with E-state index in [9.17, 15) is 61.3 Å². The fraction of sp³-hybridized carbons (Fsp3) is 0.265. The summed E-state index contributed by atoms with van der Waals surface area (Å²) >= 11 is 45.1. The Morgan fingerprint density at radius 1 is 0.246 bits per heavy atom. The van der Waals surface area contributed by atoms with Gasteiger partial charge in [-0.1, -0.05) is 178 Å². The Labute approximate surface area is 743 Å². The van der Waals surface area contributed by atoms with Gasteiger partial charge >= 0.3 is 0 Å². The lowest BCUT2D eigenvalue weighted by Gasteiger charge is -2.64. The Morgan fingerprint density at radius 3 is 0.720 bits per heavy atom. The molecule has 1 unspecified atom stereocenters. The molecule has 0 radical (unpaired) electrons. The van der Waals surface area contributed by atoms with Crippen LogP contribution < -0.4 is 0 Å². The van der Waals surface area contributed by atoms with Crippen LogP contribution in [-0.2, 0) is 32.5 Å². The van der Waals surface area contributed by atoms with Gasteiger partial charge in [-0.2, -0.15) is 0 Å². The first-order valence-corrected chi connectivity index (χ1v) is 43.1. The molecule has 0 aromatic heterocycles. The number of phenols is 12. The summed E-state index contributed by atoms with van der Waals surface area (Å²) in [4.78, 5) is 0. The average Bonchev–Trinajstić information content (AvgIpc) is 0.679. The van der Waals surface area contributed by atoms with Gasteiger partial charge in [0, 0.05) is 32.5 Å². The number of phenolic OH excluding ortho intramolecular Hbond substituents is 12. The van der Waals surface area contributed by atoms with Gasteiger partial charge in [-0.3, -0.25) is 0 Å². The minimum atomic E-state index is -1.89. The molecule has 20 heteroatoms. The average molecular weight is 1930 g/mol. The molecule has 118 heavy (non-hydrogen) atoms. The molecule has 12 nitrogen and oxygen atoms in total. The molecular formula is C98H94Br4Cl4O12. The first kappa shape index (κ1) is 88.6. The van der Waals surface area contributed by atoms with E-state index in [1.165, 1.54) is 0 Å². The predicted octanol–water partition coefficient (Wildman–Crippen LogP) is 27.2. The molecule has 0 spiro atoms. The van der Waals surface area contributed by atoms with Crippen molar-refractivity contribution >= 4 is 110 Å². The van der Waals surface area contributed by atoms with Crippen LogP contribution in [0.2, 0.25) is 20.1 Å². The summed E-state index contributed by atoms with van der Waals surface area (Å²) in [5.41, 5.74) is 0.788. The van der Waals surface area contributed by atoms with Gasteiger partial charge in [0.1, 0.15) is 57.5 Å². The van der Waals surface area contributed by atoms with Gasteiger partial charge in [-0.25, -0.2) is 0 Å². The largest absolute Gasteiger partial charge is 0.508 e. The Kier molecular flexibility index (Phi) is 25.1. The monoisotopic (exact) mass is 1920 g/mol. The van der Waals surface area contributed by atoms with Crippen molar-refractivity contribution in [1.82, 2.24) is 0 Å². The third-order valence-electron chi connectivity index (χ3n) is 25.8. The van der Waals surface area contributed by atoms with Gasteiger partial charge in [0.05, 0.1) is 38.0 Å². The summed E-state index contributed by atoms with van der Waals surface area (Å²) in [7, 11) is 0. The van der Waals surface area contributed by atoms with E-state index in [0.29, 0.717) is 107 Å². The summed E-state index contributed by atoms with van der Waals surface area (Å²) < 4.78 is 1.19. The molecule has 0 bridgehead atoms. The molecule has 0 amide bonds. The van der Waals surface area contributed by atoms with Crippen molar-refractivity contribution in [2.24, 2.45) is 11.3 Å². The first-order valence-electron chi connectivity index (χ1n) is 38.4. The highest BCUT2D eigenvalue weighted by Gasteiger charge is 2.65. The Bertz CT molecular complexity index is 5230. The van der Waals surface area contributed by atoms with Gasteiger partial charge in [-0.05, 0) is 371 Å². The van der Waals surface area contributed by atoms with E-state index >= 15 is 0 Å². The van der Waals surface area contributed by atoms with E-state index in [-0.39, 0.29) is 110 Å². The number of aryl methyl sites for hydroxylation is 8. The zero-order valence-electron chi connectivity index (χ0n) is 67.5. The normalized spacial score (nSPS) is 13.0. The van der Waals surface area contributed by atoms with Crippen LogP contribution in [0.25, 0.3) is 0 Å². The standard InChI is InChI=1S/C98H94Br4Cl4O12/c1-51-30-61(18-26-82(51)109)92(9,62-19-27-83(110)52(2)31-62)46-71(47-93(10,63-20-28-84(111)53(3)32-63)64-21-29-85(112)54(4)33-64)97(48-94(11,65-34-55(5)86(113)56(6)35-65)66-36-57(7)87(114)58(8)37-66,49-95(12,67-38-74(99)88(115)75(100)39-67)68-40-76(101)89(116)77(102)41-68)98(59-14-22-72(107)23-15-59,60-16-24-73(108)25-17-60)50-96(13,69-42-78(103)90(117)79(104)43-69)70-44-80(105)91(118)81(106)45-70/h14-45,71,107-118H,46-50H2,1-13H3. The fourth-order valence-corrected chi connectivity index (χ4v) is 22.2. The molecule has 0 aliphatic carbocycles. The first-order chi connectivity index (χ1) is 55.2. The van der Waals surface area contributed by atoms with Crippen LogP contribution in [0.5, 0.6) is 69.0 Å². The van der Waals surface area contributed by atoms with Crippen molar-refractivity contribution in [2.75, 3.05) is 0 Å². The molecule has 12 N–H and O–H groups in total. The molecular weight excluding hydrogens is 1830 g/mol. The zero-order valence-corrected chi connectivity index (χ0v) is 76.8. The van der Waals surface area contributed by atoms with Crippen LogP contribution in [0.1, 0.15) is 178 Å². The highest BCUT2D eigenvalue weighted by molar-refractivity contribution is 9.11. The molecule has 1 atom stereocenters. The van der Waals surface area contributed by atoms with Crippen molar-refractivity contribution in [1.29, 1.82) is 0 Å². The lowest BCUT2D eigenvalue weighted by molar-refractivity contribution is -0.0280.